The molecule has 0 saturated heterocycles. The van der Waals surface area contributed by atoms with Crippen LogP contribution in [0.3, 0.4) is 0 Å². The molecule has 2 aromatic heterocycles. The molecule has 0 aliphatic carbocycles. The molecule has 1 aromatic carbocycles. The Morgan fingerprint density at radius 2 is 1.71 bits per heavy atom. The summed E-state index contributed by atoms with van der Waals surface area (Å²) in [5.74, 6) is -0.691. The second kappa shape index (κ2) is 10.5. The Balaban J connectivity index is 1.91. The number of rotatable bonds is 8. The molecule has 0 aliphatic rings. The standard InChI is InChI=1S/C26H33N5O3/c1-16(2)13-27-25(33)20-14-31(17(3)4)15-21(24(20)32)26(34)30(6)18(5)22-12-23(29-28-22)19-10-8-7-9-11-19/h7-12,14-18H,13H2,1-6H3,(H,27,33)(H,28,29)/t18-/m1/s1. The average Bonchev–Trinajstić information content (AvgIpc) is 3.32. The largest absolute Gasteiger partial charge is 0.352 e. The van der Waals surface area contributed by atoms with Crippen LogP contribution in [-0.4, -0.2) is 45.1 Å². The maximum Gasteiger partial charge on any atom is 0.259 e. The summed E-state index contributed by atoms with van der Waals surface area (Å²) in [6, 6.07) is 11.2. The Morgan fingerprint density at radius 3 is 2.32 bits per heavy atom. The zero-order valence-electron chi connectivity index (χ0n) is 20.6. The van der Waals surface area contributed by atoms with Gasteiger partial charge in [0.15, 0.2) is 0 Å². The van der Waals surface area contributed by atoms with Crippen LogP contribution in [0.25, 0.3) is 11.3 Å². The highest BCUT2D eigenvalue weighted by Gasteiger charge is 2.26. The third-order valence-electron chi connectivity index (χ3n) is 5.81. The molecule has 34 heavy (non-hydrogen) atoms. The van der Waals surface area contributed by atoms with E-state index in [0.29, 0.717) is 6.54 Å². The summed E-state index contributed by atoms with van der Waals surface area (Å²) in [6.45, 7) is 10.1. The molecule has 3 rings (SSSR count). The van der Waals surface area contributed by atoms with Crippen molar-refractivity contribution in [2.75, 3.05) is 13.6 Å². The first-order valence-electron chi connectivity index (χ1n) is 11.5. The summed E-state index contributed by atoms with van der Waals surface area (Å²) >= 11 is 0. The van der Waals surface area contributed by atoms with E-state index in [1.54, 1.807) is 11.6 Å². The van der Waals surface area contributed by atoms with Gasteiger partial charge < -0.3 is 14.8 Å². The Bertz CT molecular complexity index is 1210. The van der Waals surface area contributed by atoms with Crippen molar-refractivity contribution in [2.45, 2.75) is 46.7 Å². The van der Waals surface area contributed by atoms with Gasteiger partial charge >= 0.3 is 0 Å². The molecule has 2 N–H and O–H groups in total. The average molecular weight is 464 g/mol. The minimum atomic E-state index is -0.572. The molecule has 0 saturated carbocycles. The van der Waals surface area contributed by atoms with Gasteiger partial charge in [0.25, 0.3) is 11.8 Å². The molecule has 3 aromatic rings. The molecule has 0 fully saturated rings. The molecular formula is C26H33N5O3. The van der Waals surface area contributed by atoms with Gasteiger partial charge in [-0.25, -0.2) is 0 Å². The number of carbonyl (C=O) groups excluding carboxylic acids is 2. The number of carbonyl (C=O) groups is 2. The minimum absolute atomic E-state index is 0.0332. The van der Waals surface area contributed by atoms with Gasteiger partial charge in [0, 0.05) is 37.6 Å². The van der Waals surface area contributed by atoms with Gasteiger partial charge in [0.05, 0.1) is 17.4 Å². The van der Waals surface area contributed by atoms with Crippen LogP contribution in [0.1, 0.15) is 73.1 Å². The van der Waals surface area contributed by atoms with E-state index >= 15 is 0 Å². The van der Waals surface area contributed by atoms with Crippen molar-refractivity contribution < 1.29 is 9.59 Å². The lowest BCUT2D eigenvalue weighted by Gasteiger charge is -2.24. The fourth-order valence-corrected chi connectivity index (χ4v) is 3.48. The van der Waals surface area contributed by atoms with E-state index < -0.39 is 17.2 Å². The van der Waals surface area contributed by atoms with Crippen LogP contribution in [0.5, 0.6) is 0 Å². The number of amides is 2. The van der Waals surface area contributed by atoms with Gasteiger partial charge in [-0.05, 0) is 32.8 Å². The van der Waals surface area contributed by atoms with Gasteiger partial charge in [-0.1, -0.05) is 44.2 Å². The number of aromatic nitrogens is 3. The summed E-state index contributed by atoms with van der Waals surface area (Å²) < 4.78 is 1.72. The van der Waals surface area contributed by atoms with Gasteiger partial charge in [0.2, 0.25) is 5.43 Å². The van der Waals surface area contributed by atoms with E-state index in [1.165, 1.54) is 17.3 Å². The van der Waals surface area contributed by atoms with E-state index in [0.717, 1.165) is 17.0 Å². The van der Waals surface area contributed by atoms with Gasteiger partial charge in [-0.15, -0.1) is 0 Å². The third-order valence-corrected chi connectivity index (χ3v) is 5.81. The SMILES string of the molecule is CC(C)CNC(=O)c1cn(C(C)C)cc(C(=O)N(C)[C@H](C)c2cc(-c3ccccc3)n[nH]2)c1=O. The van der Waals surface area contributed by atoms with E-state index in [4.69, 9.17) is 0 Å². The summed E-state index contributed by atoms with van der Waals surface area (Å²) in [4.78, 5) is 40.8. The van der Waals surface area contributed by atoms with E-state index in [9.17, 15) is 14.4 Å². The molecule has 0 bridgehead atoms. The predicted molar refractivity (Wildman–Crippen MR) is 133 cm³/mol. The minimum Gasteiger partial charge on any atom is -0.352 e. The molecule has 2 heterocycles. The monoisotopic (exact) mass is 463 g/mol. The predicted octanol–water partition coefficient (Wildman–Crippen LogP) is 4.04. The van der Waals surface area contributed by atoms with Gasteiger partial charge in [-0.2, -0.15) is 5.10 Å². The smallest absolute Gasteiger partial charge is 0.259 e. The Hall–Kier alpha value is -3.68. The molecule has 0 aliphatic heterocycles. The number of nitrogens with zero attached hydrogens (tertiary/aromatic N) is 3. The topological polar surface area (TPSA) is 100 Å². The van der Waals surface area contributed by atoms with Gasteiger partial charge in [-0.3, -0.25) is 19.5 Å². The maximum absolute atomic E-state index is 13.4. The lowest BCUT2D eigenvalue weighted by molar-refractivity contribution is 0.0737. The highest BCUT2D eigenvalue weighted by molar-refractivity contribution is 5.99. The van der Waals surface area contributed by atoms with Crippen LogP contribution >= 0.6 is 0 Å². The maximum atomic E-state index is 13.4. The van der Waals surface area contributed by atoms with E-state index in [-0.39, 0.29) is 29.1 Å². The first-order valence-corrected chi connectivity index (χ1v) is 11.5. The molecule has 2 amide bonds. The zero-order valence-corrected chi connectivity index (χ0v) is 20.6. The first-order chi connectivity index (χ1) is 16.1. The molecule has 0 radical (unpaired) electrons. The van der Waals surface area contributed by atoms with Crippen molar-refractivity contribution >= 4 is 11.8 Å². The Morgan fingerprint density at radius 1 is 1.06 bits per heavy atom. The van der Waals surface area contributed by atoms with Crippen LogP contribution in [0.15, 0.2) is 53.6 Å². The van der Waals surface area contributed by atoms with Crippen LogP contribution in [0.4, 0.5) is 0 Å². The van der Waals surface area contributed by atoms with Crippen molar-refractivity contribution in [3.63, 3.8) is 0 Å². The fraction of sp³-hybridized carbons (Fsp3) is 0.385. The van der Waals surface area contributed by atoms with Crippen molar-refractivity contribution in [1.29, 1.82) is 0 Å². The van der Waals surface area contributed by atoms with Crippen molar-refractivity contribution in [2.24, 2.45) is 5.92 Å². The zero-order chi connectivity index (χ0) is 25.0. The first kappa shape index (κ1) is 25.0. The number of nitrogens with one attached hydrogen (secondary N) is 2. The highest BCUT2D eigenvalue weighted by atomic mass is 16.2. The number of pyridine rings is 1. The van der Waals surface area contributed by atoms with E-state index in [2.05, 4.69) is 15.5 Å². The normalized spacial score (nSPS) is 12.1. The molecule has 0 spiro atoms. The highest BCUT2D eigenvalue weighted by Crippen LogP contribution is 2.24. The van der Waals surface area contributed by atoms with Crippen LogP contribution in [0, 0.1) is 5.92 Å². The second-order valence-corrected chi connectivity index (χ2v) is 9.23. The van der Waals surface area contributed by atoms with Crippen molar-refractivity contribution in [3.05, 3.63) is 75.8 Å². The number of hydrogen-bond donors (Lipinski definition) is 2. The lowest BCUT2D eigenvalue weighted by Crippen LogP contribution is -2.38. The third kappa shape index (κ3) is 5.44. The lowest BCUT2D eigenvalue weighted by atomic mass is 10.1. The van der Waals surface area contributed by atoms with Crippen LogP contribution in [0.2, 0.25) is 0 Å². The second-order valence-electron chi connectivity index (χ2n) is 9.23. The Labute approximate surface area is 200 Å². The fourth-order valence-electron chi connectivity index (χ4n) is 3.48. The number of H-pyrrole nitrogens is 1. The number of aromatic amines is 1. The molecule has 8 heteroatoms. The molecule has 0 unspecified atom stereocenters. The molecular weight excluding hydrogens is 430 g/mol. The summed E-state index contributed by atoms with van der Waals surface area (Å²) in [7, 11) is 1.64. The summed E-state index contributed by atoms with van der Waals surface area (Å²) in [5, 5.41) is 10.1. The molecule has 1 atom stereocenters. The van der Waals surface area contributed by atoms with Crippen LogP contribution in [-0.2, 0) is 0 Å². The van der Waals surface area contributed by atoms with Crippen molar-refractivity contribution in [1.82, 2.24) is 25.0 Å². The Kier molecular flexibility index (Phi) is 7.71. The van der Waals surface area contributed by atoms with Gasteiger partial charge in [0.1, 0.15) is 11.1 Å². The summed E-state index contributed by atoms with van der Waals surface area (Å²) in [6.07, 6.45) is 3.05. The molecule has 8 nitrogen and oxygen atoms in total. The quantitative estimate of drug-likeness (QED) is 0.527. The number of benzene rings is 1. The molecule has 180 valence electrons. The summed E-state index contributed by atoms with van der Waals surface area (Å²) in [5.41, 5.74) is 1.83. The van der Waals surface area contributed by atoms with E-state index in [1.807, 2.05) is 71.0 Å². The van der Waals surface area contributed by atoms with Crippen LogP contribution < -0.4 is 10.7 Å². The van der Waals surface area contributed by atoms with Crippen molar-refractivity contribution in [3.8, 4) is 11.3 Å². The number of hydrogen-bond acceptors (Lipinski definition) is 4.